The second-order valence-electron chi connectivity index (χ2n) is 4.23. The minimum Gasteiger partial charge on any atom is -0.495 e. The second kappa shape index (κ2) is 7.34. The first kappa shape index (κ1) is 15.8. The number of aliphatic hydroxyl groups excluding tert-OH is 1. The lowest BCUT2D eigenvalue weighted by Gasteiger charge is -2.12. The first-order valence-corrected chi connectivity index (χ1v) is 6.04. The van der Waals surface area contributed by atoms with Crippen molar-refractivity contribution in [2.75, 3.05) is 19.0 Å². The molecule has 1 aromatic rings. The van der Waals surface area contributed by atoms with Crippen molar-refractivity contribution in [2.45, 2.75) is 19.4 Å². The Bertz CT molecular complexity index is 490. The van der Waals surface area contributed by atoms with Gasteiger partial charge in [0.2, 0.25) is 0 Å². The van der Waals surface area contributed by atoms with Crippen molar-refractivity contribution in [3.63, 3.8) is 0 Å². The van der Waals surface area contributed by atoms with Crippen LogP contribution in [0.25, 0.3) is 0 Å². The molecule has 0 aliphatic heterocycles. The topological polar surface area (TPSA) is 108 Å². The summed E-state index contributed by atoms with van der Waals surface area (Å²) in [6, 6.07) is 4.85. The zero-order chi connectivity index (χ0) is 15.1. The van der Waals surface area contributed by atoms with E-state index >= 15 is 0 Å². The standard InChI is InChI=1S/C13H18N2O5/c1-8-3-4-11(20-2)9(7-8)15-13(19)14-6-5-10(16)12(17)18/h3-4,7,10,16H,5-6H2,1-2H3,(H,17,18)(H2,14,15,19). The molecule has 7 heteroatoms. The number of hydrogen-bond donors (Lipinski definition) is 4. The molecule has 0 spiro atoms. The molecule has 0 saturated carbocycles. The molecule has 1 aromatic carbocycles. The number of benzene rings is 1. The molecule has 7 nitrogen and oxygen atoms in total. The summed E-state index contributed by atoms with van der Waals surface area (Å²) in [7, 11) is 1.50. The average Bonchev–Trinajstić information content (AvgIpc) is 2.38. The van der Waals surface area contributed by atoms with E-state index < -0.39 is 18.1 Å². The number of aliphatic carboxylic acids is 1. The zero-order valence-electron chi connectivity index (χ0n) is 11.3. The van der Waals surface area contributed by atoms with Crippen molar-refractivity contribution >= 4 is 17.7 Å². The van der Waals surface area contributed by atoms with Gasteiger partial charge in [0, 0.05) is 13.0 Å². The number of anilines is 1. The number of nitrogens with one attached hydrogen (secondary N) is 2. The van der Waals surface area contributed by atoms with Gasteiger partial charge in [-0.3, -0.25) is 0 Å². The van der Waals surface area contributed by atoms with E-state index in [0.29, 0.717) is 11.4 Å². The predicted molar refractivity (Wildman–Crippen MR) is 73.0 cm³/mol. The lowest BCUT2D eigenvalue weighted by Crippen LogP contribution is -2.33. The maximum atomic E-state index is 11.6. The number of methoxy groups -OCH3 is 1. The molecule has 0 saturated heterocycles. The number of urea groups is 1. The highest BCUT2D eigenvalue weighted by Gasteiger charge is 2.13. The number of hydrogen-bond acceptors (Lipinski definition) is 4. The molecule has 110 valence electrons. The number of aryl methyl sites for hydroxylation is 1. The number of carboxylic acid groups (broad SMARTS) is 1. The quantitative estimate of drug-likeness (QED) is 0.621. The maximum Gasteiger partial charge on any atom is 0.332 e. The van der Waals surface area contributed by atoms with Crippen LogP contribution in [0.1, 0.15) is 12.0 Å². The molecule has 4 N–H and O–H groups in total. The van der Waals surface area contributed by atoms with Crippen LogP contribution >= 0.6 is 0 Å². The van der Waals surface area contributed by atoms with Crippen LogP contribution in [-0.4, -0.2) is 42.0 Å². The Balaban J connectivity index is 2.50. The van der Waals surface area contributed by atoms with Crippen molar-refractivity contribution in [1.82, 2.24) is 5.32 Å². The van der Waals surface area contributed by atoms with E-state index in [9.17, 15) is 9.59 Å². The number of amides is 2. The molecule has 0 aliphatic carbocycles. The lowest BCUT2D eigenvalue weighted by molar-refractivity contribution is -0.146. The molecule has 20 heavy (non-hydrogen) atoms. The normalized spacial score (nSPS) is 11.6. The van der Waals surface area contributed by atoms with Crippen LogP contribution in [0, 0.1) is 6.92 Å². The van der Waals surface area contributed by atoms with Crippen LogP contribution in [0.15, 0.2) is 18.2 Å². The fourth-order valence-corrected chi connectivity index (χ4v) is 1.53. The van der Waals surface area contributed by atoms with E-state index in [1.165, 1.54) is 7.11 Å². The molecule has 1 atom stereocenters. The lowest BCUT2D eigenvalue weighted by atomic mass is 10.2. The summed E-state index contributed by atoms with van der Waals surface area (Å²) in [6.07, 6.45) is -1.54. The number of ether oxygens (including phenoxy) is 1. The summed E-state index contributed by atoms with van der Waals surface area (Å²) in [5.41, 5.74) is 1.48. The Kier molecular flexibility index (Phi) is 5.79. The van der Waals surface area contributed by atoms with Crippen molar-refractivity contribution in [3.8, 4) is 5.75 Å². The molecule has 2 amide bonds. The average molecular weight is 282 g/mol. The molecule has 0 aliphatic rings. The van der Waals surface area contributed by atoms with E-state index in [-0.39, 0.29) is 13.0 Å². The van der Waals surface area contributed by atoms with Crippen molar-refractivity contribution < 1.29 is 24.5 Å². The van der Waals surface area contributed by atoms with E-state index in [1.54, 1.807) is 12.1 Å². The van der Waals surface area contributed by atoms with Gasteiger partial charge in [0.1, 0.15) is 5.75 Å². The third-order valence-corrected chi connectivity index (χ3v) is 2.59. The Labute approximate surface area is 116 Å². The molecular weight excluding hydrogens is 264 g/mol. The van der Waals surface area contributed by atoms with Gasteiger partial charge in [-0.15, -0.1) is 0 Å². The Morgan fingerprint density at radius 3 is 2.70 bits per heavy atom. The van der Waals surface area contributed by atoms with Crippen LogP contribution in [0.2, 0.25) is 0 Å². The van der Waals surface area contributed by atoms with Crippen LogP contribution < -0.4 is 15.4 Å². The Morgan fingerprint density at radius 1 is 1.40 bits per heavy atom. The van der Waals surface area contributed by atoms with Gasteiger partial charge in [0.25, 0.3) is 0 Å². The first-order chi connectivity index (χ1) is 9.43. The van der Waals surface area contributed by atoms with Gasteiger partial charge in [-0.05, 0) is 24.6 Å². The molecule has 1 rings (SSSR count). The monoisotopic (exact) mass is 282 g/mol. The van der Waals surface area contributed by atoms with Gasteiger partial charge in [-0.2, -0.15) is 0 Å². The first-order valence-electron chi connectivity index (χ1n) is 6.04. The number of rotatable bonds is 6. The highest BCUT2D eigenvalue weighted by Crippen LogP contribution is 2.24. The van der Waals surface area contributed by atoms with Crippen LogP contribution in [0.5, 0.6) is 5.75 Å². The van der Waals surface area contributed by atoms with E-state index in [2.05, 4.69) is 10.6 Å². The van der Waals surface area contributed by atoms with Gasteiger partial charge < -0.3 is 25.6 Å². The van der Waals surface area contributed by atoms with Crippen LogP contribution in [-0.2, 0) is 4.79 Å². The number of carbonyl (C=O) groups excluding carboxylic acids is 1. The van der Waals surface area contributed by atoms with Crippen LogP contribution in [0.3, 0.4) is 0 Å². The predicted octanol–water partition coefficient (Wildman–Crippen LogP) is 0.961. The molecule has 0 heterocycles. The zero-order valence-corrected chi connectivity index (χ0v) is 11.3. The summed E-state index contributed by atoms with van der Waals surface area (Å²) in [4.78, 5) is 22.0. The summed E-state index contributed by atoms with van der Waals surface area (Å²) in [5, 5.41) is 22.6. The SMILES string of the molecule is COc1ccc(C)cc1NC(=O)NCCC(O)C(=O)O. The van der Waals surface area contributed by atoms with Crippen molar-refractivity contribution in [3.05, 3.63) is 23.8 Å². The van der Waals surface area contributed by atoms with Crippen LogP contribution in [0.4, 0.5) is 10.5 Å². The third kappa shape index (κ3) is 4.77. The Hall–Kier alpha value is -2.28. The highest BCUT2D eigenvalue weighted by molar-refractivity contribution is 5.91. The third-order valence-electron chi connectivity index (χ3n) is 2.59. The fraction of sp³-hybridized carbons (Fsp3) is 0.385. The van der Waals surface area contributed by atoms with E-state index in [4.69, 9.17) is 14.9 Å². The van der Waals surface area contributed by atoms with Gasteiger partial charge in [-0.25, -0.2) is 9.59 Å². The summed E-state index contributed by atoms with van der Waals surface area (Å²) in [5.74, 6) is -0.788. The van der Waals surface area contributed by atoms with E-state index in [1.807, 2.05) is 13.0 Å². The number of aliphatic hydroxyl groups is 1. The highest BCUT2D eigenvalue weighted by atomic mass is 16.5. The largest absolute Gasteiger partial charge is 0.495 e. The minimum absolute atomic E-state index is 0.0490. The summed E-state index contributed by atoms with van der Waals surface area (Å²) < 4.78 is 5.12. The Morgan fingerprint density at radius 2 is 2.10 bits per heavy atom. The van der Waals surface area contributed by atoms with Gasteiger partial charge >= 0.3 is 12.0 Å². The maximum absolute atomic E-state index is 11.6. The number of carboxylic acids is 1. The summed E-state index contributed by atoms with van der Waals surface area (Å²) in [6.45, 7) is 1.93. The van der Waals surface area contributed by atoms with Crippen molar-refractivity contribution in [1.29, 1.82) is 0 Å². The van der Waals surface area contributed by atoms with E-state index in [0.717, 1.165) is 5.56 Å². The van der Waals surface area contributed by atoms with Gasteiger partial charge in [0.05, 0.1) is 12.8 Å². The molecule has 0 radical (unpaired) electrons. The molecule has 0 fully saturated rings. The number of carbonyl (C=O) groups is 2. The molecule has 0 bridgehead atoms. The molecular formula is C13H18N2O5. The van der Waals surface area contributed by atoms with Crippen molar-refractivity contribution in [2.24, 2.45) is 0 Å². The smallest absolute Gasteiger partial charge is 0.332 e. The second-order valence-corrected chi connectivity index (χ2v) is 4.23. The summed E-state index contributed by atoms with van der Waals surface area (Å²) >= 11 is 0. The fourth-order valence-electron chi connectivity index (χ4n) is 1.53. The minimum atomic E-state index is -1.48. The molecule has 0 aromatic heterocycles. The molecule has 1 unspecified atom stereocenters. The van der Waals surface area contributed by atoms with Gasteiger partial charge in [0.15, 0.2) is 6.10 Å². The van der Waals surface area contributed by atoms with Gasteiger partial charge in [-0.1, -0.05) is 6.07 Å².